The molecule has 1 unspecified atom stereocenters. The Morgan fingerprint density at radius 3 is 3.29 bits per heavy atom. The van der Waals surface area contributed by atoms with E-state index in [-0.39, 0.29) is 0 Å². The summed E-state index contributed by atoms with van der Waals surface area (Å²) in [6.45, 7) is 1.71. The third kappa shape index (κ3) is 2.08. The van der Waals surface area contributed by atoms with Crippen LogP contribution in [0.4, 0.5) is 0 Å². The third-order valence-corrected chi connectivity index (χ3v) is 3.19. The molecule has 1 aliphatic rings. The predicted molar refractivity (Wildman–Crippen MR) is 63.2 cm³/mol. The van der Waals surface area contributed by atoms with Gasteiger partial charge in [-0.1, -0.05) is 0 Å². The second-order valence-corrected chi connectivity index (χ2v) is 4.51. The van der Waals surface area contributed by atoms with Crippen LogP contribution in [0, 0.1) is 5.92 Å². The van der Waals surface area contributed by atoms with Crippen LogP contribution in [-0.2, 0) is 11.2 Å². The molecular formula is C13H14N2O2. The highest BCUT2D eigenvalue weighted by atomic mass is 16.5. The van der Waals surface area contributed by atoms with Crippen LogP contribution < -0.4 is 0 Å². The van der Waals surface area contributed by atoms with Crippen molar-refractivity contribution in [2.45, 2.75) is 12.8 Å². The molecule has 1 fully saturated rings. The first kappa shape index (κ1) is 10.5. The van der Waals surface area contributed by atoms with Crippen molar-refractivity contribution >= 4 is 11.9 Å². The number of rotatable bonds is 3. The Labute approximate surface area is 99.2 Å². The molecule has 0 spiro atoms. The van der Waals surface area contributed by atoms with Crippen LogP contribution in [-0.4, -0.2) is 28.9 Å². The van der Waals surface area contributed by atoms with E-state index in [1.807, 2.05) is 22.9 Å². The molecule has 88 valence electrons. The van der Waals surface area contributed by atoms with E-state index in [2.05, 4.69) is 4.98 Å². The first-order valence-electron chi connectivity index (χ1n) is 5.86. The molecule has 17 heavy (non-hydrogen) atoms. The summed E-state index contributed by atoms with van der Waals surface area (Å²) in [6, 6.07) is 3.60. The van der Waals surface area contributed by atoms with E-state index in [0.717, 1.165) is 43.7 Å². The molecule has 3 heterocycles. The zero-order valence-corrected chi connectivity index (χ0v) is 9.50. The molecule has 1 saturated heterocycles. The summed E-state index contributed by atoms with van der Waals surface area (Å²) in [4.78, 5) is 15.2. The molecule has 4 heteroatoms. The van der Waals surface area contributed by atoms with Crippen molar-refractivity contribution in [1.82, 2.24) is 9.38 Å². The van der Waals surface area contributed by atoms with Crippen molar-refractivity contribution in [1.29, 1.82) is 0 Å². The Bertz CT molecular complexity index is 541. The number of fused-ring (bicyclic) bond motifs is 1. The van der Waals surface area contributed by atoms with E-state index in [4.69, 9.17) is 4.74 Å². The highest BCUT2D eigenvalue weighted by Gasteiger charge is 2.17. The Kier molecular flexibility index (Phi) is 2.65. The fourth-order valence-corrected chi connectivity index (χ4v) is 2.26. The summed E-state index contributed by atoms with van der Waals surface area (Å²) >= 11 is 0. The quantitative estimate of drug-likeness (QED) is 0.754. The van der Waals surface area contributed by atoms with Gasteiger partial charge in [0.25, 0.3) is 0 Å². The van der Waals surface area contributed by atoms with E-state index >= 15 is 0 Å². The van der Waals surface area contributed by atoms with Crippen LogP contribution >= 0.6 is 0 Å². The molecular weight excluding hydrogens is 216 g/mol. The van der Waals surface area contributed by atoms with Crippen molar-refractivity contribution in [3.8, 4) is 0 Å². The van der Waals surface area contributed by atoms with Crippen LogP contribution in [0.1, 0.15) is 22.5 Å². The SMILES string of the molecule is O=Cc1ccn2cc(CC3CCOC3)nc2c1. The normalized spacial score (nSPS) is 19.9. The second kappa shape index (κ2) is 4.30. The molecule has 0 N–H and O–H groups in total. The summed E-state index contributed by atoms with van der Waals surface area (Å²) in [5.41, 5.74) is 2.57. The minimum absolute atomic E-state index is 0.588. The number of ether oxygens (including phenoxy) is 1. The average Bonchev–Trinajstić information content (AvgIpc) is 2.96. The van der Waals surface area contributed by atoms with Gasteiger partial charge in [0.1, 0.15) is 11.9 Å². The van der Waals surface area contributed by atoms with E-state index in [1.165, 1.54) is 0 Å². The fourth-order valence-electron chi connectivity index (χ4n) is 2.26. The van der Waals surface area contributed by atoms with Gasteiger partial charge in [0.15, 0.2) is 0 Å². The average molecular weight is 230 g/mol. The molecule has 0 aromatic carbocycles. The smallest absolute Gasteiger partial charge is 0.150 e. The van der Waals surface area contributed by atoms with Crippen LogP contribution in [0.2, 0.25) is 0 Å². The number of nitrogens with zero attached hydrogens (tertiary/aromatic N) is 2. The standard InChI is InChI=1S/C13H14N2O2/c16-8-10-1-3-15-7-12(14-13(15)6-10)5-11-2-4-17-9-11/h1,3,6-8,11H,2,4-5,9H2. The van der Waals surface area contributed by atoms with Crippen LogP contribution in [0.5, 0.6) is 0 Å². The topological polar surface area (TPSA) is 43.6 Å². The molecule has 0 radical (unpaired) electrons. The van der Waals surface area contributed by atoms with Crippen molar-refractivity contribution in [2.24, 2.45) is 5.92 Å². The predicted octanol–water partition coefficient (Wildman–Crippen LogP) is 1.73. The lowest BCUT2D eigenvalue weighted by Crippen LogP contribution is -2.03. The number of pyridine rings is 1. The lowest BCUT2D eigenvalue weighted by molar-refractivity contribution is 0.112. The monoisotopic (exact) mass is 230 g/mol. The Morgan fingerprint density at radius 1 is 1.59 bits per heavy atom. The number of carbonyl (C=O) groups excluding carboxylic acids is 1. The lowest BCUT2D eigenvalue weighted by Gasteiger charge is -2.02. The maximum Gasteiger partial charge on any atom is 0.150 e. The largest absolute Gasteiger partial charge is 0.381 e. The minimum atomic E-state index is 0.588. The molecule has 2 aromatic heterocycles. The maximum absolute atomic E-state index is 10.7. The summed E-state index contributed by atoms with van der Waals surface area (Å²) in [5.74, 6) is 0.588. The summed E-state index contributed by atoms with van der Waals surface area (Å²) in [7, 11) is 0. The molecule has 4 nitrogen and oxygen atoms in total. The Hall–Kier alpha value is -1.68. The van der Waals surface area contributed by atoms with Gasteiger partial charge in [0, 0.05) is 31.2 Å². The van der Waals surface area contributed by atoms with E-state index in [1.54, 1.807) is 6.07 Å². The highest BCUT2D eigenvalue weighted by Crippen LogP contribution is 2.18. The van der Waals surface area contributed by atoms with Gasteiger partial charge < -0.3 is 9.14 Å². The molecule has 1 atom stereocenters. The third-order valence-electron chi connectivity index (χ3n) is 3.19. The van der Waals surface area contributed by atoms with Gasteiger partial charge >= 0.3 is 0 Å². The van der Waals surface area contributed by atoms with Crippen LogP contribution in [0.25, 0.3) is 5.65 Å². The van der Waals surface area contributed by atoms with Crippen molar-refractivity contribution in [3.05, 3.63) is 35.8 Å². The number of hydrogen-bond acceptors (Lipinski definition) is 3. The molecule has 0 amide bonds. The summed E-state index contributed by atoms with van der Waals surface area (Å²) < 4.78 is 7.32. The van der Waals surface area contributed by atoms with Crippen LogP contribution in [0.3, 0.4) is 0 Å². The molecule has 1 aliphatic heterocycles. The molecule has 2 aromatic rings. The second-order valence-electron chi connectivity index (χ2n) is 4.51. The zero-order valence-electron chi connectivity index (χ0n) is 9.50. The van der Waals surface area contributed by atoms with Gasteiger partial charge in [-0.15, -0.1) is 0 Å². The highest BCUT2D eigenvalue weighted by molar-refractivity contribution is 5.76. The van der Waals surface area contributed by atoms with Gasteiger partial charge in [-0.3, -0.25) is 4.79 Å². The van der Waals surface area contributed by atoms with E-state index < -0.39 is 0 Å². The first-order chi connectivity index (χ1) is 8.35. The molecule has 0 aliphatic carbocycles. The van der Waals surface area contributed by atoms with E-state index in [0.29, 0.717) is 11.5 Å². The van der Waals surface area contributed by atoms with Crippen molar-refractivity contribution < 1.29 is 9.53 Å². The van der Waals surface area contributed by atoms with E-state index in [9.17, 15) is 4.79 Å². The zero-order chi connectivity index (χ0) is 11.7. The van der Waals surface area contributed by atoms with Gasteiger partial charge in [-0.05, 0) is 30.9 Å². The molecule has 0 bridgehead atoms. The Morgan fingerprint density at radius 2 is 2.53 bits per heavy atom. The lowest BCUT2D eigenvalue weighted by atomic mass is 10.0. The number of aldehydes is 1. The summed E-state index contributed by atoms with van der Waals surface area (Å²) in [5, 5.41) is 0. The van der Waals surface area contributed by atoms with Gasteiger partial charge in [0.05, 0.1) is 5.69 Å². The first-order valence-corrected chi connectivity index (χ1v) is 5.86. The van der Waals surface area contributed by atoms with Crippen LogP contribution in [0.15, 0.2) is 24.5 Å². The summed E-state index contributed by atoms with van der Waals surface area (Å²) in [6.07, 6.45) is 6.83. The minimum Gasteiger partial charge on any atom is -0.381 e. The number of aromatic nitrogens is 2. The van der Waals surface area contributed by atoms with Gasteiger partial charge in [-0.25, -0.2) is 4.98 Å². The molecule has 3 rings (SSSR count). The fraction of sp³-hybridized carbons (Fsp3) is 0.385. The van der Waals surface area contributed by atoms with Crippen molar-refractivity contribution in [2.75, 3.05) is 13.2 Å². The number of carbonyl (C=O) groups is 1. The van der Waals surface area contributed by atoms with Crippen molar-refractivity contribution in [3.63, 3.8) is 0 Å². The number of hydrogen-bond donors (Lipinski definition) is 0. The molecule has 0 saturated carbocycles. The van der Waals surface area contributed by atoms with Gasteiger partial charge in [0.2, 0.25) is 0 Å². The maximum atomic E-state index is 10.7. The van der Waals surface area contributed by atoms with Gasteiger partial charge in [-0.2, -0.15) is 0 Å². The number of imidazole rings is 1. The Balaban J connectivity index is 1.87.